The number of likely N-dealkylation sites (N-methyl/N-ethyl adjacent to an activating group) is 1. The smallest absolute Gasteiger partial charge is 0.417 e. The first-order valence-electron chi connectivity index (χ1n) is 11.4. The normalized spacial score (nSPS) is 17.8. The average molecular weight is 524 g/mol. The number of rotatable bonds is 8. The van der Waals surface area contributed by atoms with Crippen molar-refractivity contribution in [2.24, 2.45) is 0 Å². The van der Waals surface area contributed by atoms with E-state index in [9.17, 15) is 27.6 Å². The molecule has 0 bridgehead atoms. The molecule has 0 amide bonds. The molecule has 200 valence electrons. The van der Waals surface area contributed by atoms with Crippen molar-refractivity contribution < 1.29 is 46.5 Å². The van der Waals surface area contributed by atoms with E-state index >= 15 is 0 Å². The van der Waals surface area contributed by atoms with Crippen LogP contribution < -0.4 is 14.2 Å². The van der Waals surface area contributed by atoms with Crippen molar-refractivity contribution >= 4 is 17.7 Å². The molecule has 37 heavy (non-hydrogen) atoms. The average Bonchev–Trinajstić information content (AvgIpc) is 3.20. The summed E-state index contributed by atoms with van der Waals surface area (Å²) in [5.41, 5.74) is -1.70. The van der Waals surface area contributed by atoms with Crippen molar-refractivity contribution in [1.82, 2.24) is 4.90 Å². The number of alkyl halides is 3. The van der Waals surface area contributed by atoms with E-state index in [1.54, 1.807) is 0 Å². The van der Waals surface area contributed by atoms with Crippen LogP contribution in [0.3, 0.4) is 0 Å². The van der Waals surface area contributed by atoms with E-state index < -0.39 is 40.9 Å². The molecule has 11 heteroatoms. The summed E-state index contributed by atoms with van der Waals surface area (Å²) in [4.78, 5) is 39.4. The van der Waals surface area contributed by atoms with Gasteiger partial charge < -0.3 is 18.9 Å². The molecule has 0 saturated carbocycles. The molecule has 8 nitrogen and oxygen atoms in total. The summed E-state index contributed by atoms with van der Waals surface area (Å²) in [6.45, 7) is 3.08. The van der Waals surface area contributed by atoms with Gasteiger partial charge in [0.25, 0.3) is 0 Å². The van der Waals surface area contributed by atoms with Crippen molar-refractivity contribution in [3.63, 3.8) is 0 Å². The molecule has 1 aliphatic rings. The van der Waals surface area contributed by atoms with Crippen LogP contribution in [0.5, 0.6) is 17.2 Å². The number of methoxy groups -OCH3 is 2. The highest BCUT2D eigenvalue weighted by Gasteiger charge is 2.41. The standard InChI is InChI=1S/C26H28F3NO7/c1-14(31)22-20(34-4)12-21(35-5)23(17-10-11-30(3)19(17)13-36-15(2)32)24(22)37-25(33)16-8-6-7-9-18(16)26(27,28)29/h6-9,12,17,19H,10-11,13H2,1-5H3. The monoisotopic (exact) mass is 523 g/mol. The maximum Gasteiger partial charge on any atom is 0.417 e. The van der Waals surface area contributed by atoms with Gasteiger partial charge in [0.2, 0.25) is 0 Å². The number of likely N-dealkylation sites (tertiary alicyclic amines) is 1. The van der Waals surface area contributed by atoms with E-state index in [-0.39, 0.29) is 35.5 Å². The number of benzene rings is 2. The van der Waals surface area contributed by atoms with Gasteiger partial charge in [-0.2, -0.15) is 13.2 Å². The lowest BCUT2D eigenvalue weighted by molar-refractivity contribution is -0.142. The third-order valence-corrected chi connectivity index (χ3v) is 6.34. The lowest BCUT2D eigenvalue weighted by Crippen LogP contribution is -2.34. The van der Waals surface area contributed by atoms with Crippen LogP contribution in [0.2, 0.25) is 0 Å². The van der Waals surface area contributed by atoms with Crippen molar-refractivity contribution in [2.75, 3.05) is 34.4 Å². The molecular weight excluding hydrogens is 495 g/mol. The Morgan fingerprint density at radius 2 is 1.70 bits per heavy atom. The number of ether oxygens (including phenoxy) is 4. The zero-order chi connectivity index (χ0) is 27.5. The third-order valence-electron chi connectivity index (χ3n) is 6.34. The minimum Gasteiger partial charge on any atom is -0.496 e. The number of nitrogens with zero attached hydrogens (tertiary/aromatic N) is 1. The third kappa shape index (κ3) is 5.87. The van der Waals surface area contributed by atoms with E-state index in [2.05, 4.69) is 0 Å². The zero-order valence-electron chi connectivity index (χ0n) is 21.1. The van der Waals surface area contributed by atoms with Crippen molar-refractivity contribution in [2.45, 2.75) is 38.4 Å². The highest BCUT2D eigenvalue weighted by atomic mass is 19.4. The van der Waals surface area contributed by atoms with Crippen LogP contribution in [0.4, 0.5) is 13.2 Å². The first kappa shape index (κ1) is 28.0. The number of halogens is 3. The van der Waals surface area contributed by atoms with Crippen LogP contribution in [0, 0.1) is 0 Å². The lowest BCUT2D eigenvalue weighted by atomic mass is 9.87. The van der Waals surface area contributed by atoms with Gasteiger partial charge in [0.15, 0.2) is 11.5 Å². The second kappa shape index (κ2) is 11.2. The zero-order valence-corrected chi connectivity index (χ0v) is 21.1. The van der Waals surface area contributed by atoms with Crippen LogP contribution >= 0.6 is 0 Å². The fraction of sp³-hybridized carbons (Fsp3) is 0.423. The molecule has 0 aromatic heterocycles. The van der Waals surface area contributed by atoms with Gasteiger partial charge in [0.05, 0.1) is 31.4 Å². The van der Waals surface area contributed by atoms with Crippen molar-refractivity contribution in [3.05, 3.63) is 52.6 Å². The first-order valence-corrected chi connectivity index (χ1v) is 11.4. The predicted octanol–water partition coefficient (Wildman–Crippen LogP) is 4.50. The van der Waals surface area contributed by atoms with Gasteiger partial charge in [-0.3, -0.25) is 14.5 Å². The Morgan fingerprint density at radius 1 is 1.05 bits per heavy atom. The summed E-state index contributed by atoms with van der Waals surface area (Å²) >= 11 is 0. The number of esters is 2. The van der Waals surface area contributed by atoms with Gasteiger partial charge in [-0.05, 0) is 39.1 Å². The van der Waals surface area contributed by atoms with Crippen molar-refractivity contribution in [1.29, 1.82) is 0 Å². The number of carbonyl (C=O) groups excluding carboxylic acids is 3. The van der Waals surface area contributed by atoms with E-state index in [0.717, 1.165) is 18.2 Å². The second-order valence-electron chi connectivity index (χ2n) is 8.63. The van der Waals surface area contributed by atoms with Gasteiger partial charge in [0, 0.05) is 24.5 Å². The van der Waals surface area contributed by atoms with Crippen LogP contribution in [0.15, 0.2) is 30.3 Å². The number of Topliss-reactive ketones (excluding diaryl/α,β-unsaturated/α-hetero) is 1. The van der Waals surface area contributed by atoms with Crippen LogP contribution in [-0.4, -0.2) is 63.1 Å². The van der Waals surface area contributed by atoms with Crippen LogP contribution in [0.1, 0.15) is 58.0 Å². The fourth-order valence-electron chi connectivity index (χ4n) is 4.59. The summed E-state index contributed by atoms with van der Waals surface area (Å²) in [5.74, 6) is -2.78. The van der Waals surface area contributed by atoms with Gasteiger partial charge in [-0.1, -0.05) is 12.1 Å². The van der Waals surface area contributed by atoms with Crippen molar-refractivity contribution in [3.8, 4) is 17.2 Å². The molecule has 2 aromatic carbocycles. The first-order chi connectivity index (χ1) is 17.4. The molecule has 0 aliphatic carbocycles. The minimum absolute atomic E-state index is 0.00534. The number of hydrogen-bond acceptors (Lipinski definition) is 8. The molecule has 1 saturated heterocycles. The lowest BCUT2D eigenvalue weighted by Gasteiger charge is -2.28. The molecule has 2 aromatic rings. The second-order valence-corrected chi connectivity index (χ2v) is 8.63. The molecule has 1 aliphatic heterocycles. The Kier molecular flexibility index (Phi) is 8.47. The molecule has 2 unspecified atom stereocenters. The summed E-state index contributed by atoms with van der Waals surface area (Å²) in [6, 6.07) is 5.30. The molecule has 2 atom stereocenters. The molecule has 0 N–H and O–H groups in total. The Bertz CT molecular complexity index is 1200. The van der Waals surface area contributed by atoms with E-state index in [1.165, 1.54) is 40.2 Å². The van der Waals surface area contributed by atoms with Crippen LogP contribution in [-0.2, 0) is 15.7 Å². The quantitative estimate of drug-likeness (QED) is 0.284. The Hall–Kier alpha value is -3.60. The summed E-state index contributed by atoms with van der Waals surface area (Å²) in [7, 11) is 4.50. The maximum atomic E-state index is 13.6. The number of carbonyl (C=O) groups is 3. The largest absolute Gasteiger partial charge is 0.496 e. The number of ketones is 1. The van der Waals surface area contributed by atoms with Gasteiger partial charge in [-0.15, -0.1) is 0 Å². The molecule has 3 rings (SSSR count). The molecule has 1 fully saturated rings. The topological polar surface area (TPSA) is 91.4 Å². The molecular formula is C26H28F3NO7. The van der Waals surface area contributed by atoms with Gasteiger partial charge in [-0.25, -0.2) is 4.79 Å². The highest BCUT2D eigenvalue weighted by Crippen LogP contribution is 2.48. The number of hydrogen-bond donors (Lipinski definition) is 0. The molecule has 0 radical (unpaired) electrons. The predicted molar refractivity (Wildman–Crippen MR) is 126 cm³/mol. The minimum atomic E-state index is -4.81. The SMILES string of the molecule is COc1cc(OC)c(C2CCN(C)C2COC(C)=O)c(OC(=O)c2ccccc2C(F)(F)F)c1C(C)=O. The van der Waals surface area contributed by atoms with E-state index in [1.807, 2.05) is 11.9 Å². The summed E-state index contributed by atoms with van der Waals surface area (Å²) < 4.78 is 62.6. The highest BCUT2D eigenvalue weighted by molar-refractivity contribution is 6.02. The maximum absolute atomic E-state index is 13.6. The van der Waals surface area contributed by atoms with Crippen LogP contribution in [0.25, 0.3) is 0 Å². The van der Waals surface area contributed by atoms with Gasteiger partial charge in [0.1, 0.15) is 23.7 Å². The Balaban J connectivity index is 2.23. The van der Waals surface area contributed by atoms with Gasteiger partial charge >= 0.3 is 18.1 Å². The van der Waals surface area contributed by atoms with E-state index in [4.69, 9.17) is 18.9 Å². The fourth-order valence-corrected chi connectivity index (χ4v) is 4.59. The summed E-state index contributed by atoms with van der Waals surface area (Å²) in [5, 5.41) is 0. The molecule has 1 heterocycles. The van der Waals surface area contributed by atoms with E-state index in [0.29, 0.717) is 18.5 Å². The Labute approximate surface area is 212 Å². The Morgan fingerprint density at radius 3 is 2.27 bits per heavy atom. The molecule has 0 spiro atoms. The summed E-state index contributed by atoms with van der Waals surface area (Å²) in [6.07, 6.45) is -4.30.